The van der Waals surface area contributed by atoms with Crippen LogP contribution in [0, 0.1) is 0 Å². The Hall–Kier alpha value is -5.93. The van der Waals surface area contributed by atoms with Crippen molar-refractivity contribution < 1.29 is 0 Å². The first-order chi connectivity index (χ1) is 22.3. The molecule has 0 fully saturated rings. The summed E-state index contributed by atoms with van der Waals surface area (Å²) >= 11 is 0. The highest BCUT2D eigenvalue weighted by Crippen LogP contribution is 2.40. The van der Waals surface area contributed by atoms with Gasteiger partial charge in [0.1, 0.15) is 5.82 Å². The van der Waals surface area contributed by atoms with Crippen LogP contribution in [0.3, 0.4) is 0 Å². The standard InChI is InChI=1S/C42H29N3/c1-43-41(26-21-28-19-22-30(23-20-28)29-11-3-2-4-12-29)45-38-18-10-8-16-34(38)35-24-25-39-36(42(35)45)27-40-33-15-6-5-13-31(33)32-14-7-9-17-37(32)44(39)40/h2-20,22-27H,1,21H2/b41-26+. The average molecular weight is 576 g/mol. The molecule has 0 aliphatic carbocycles. The Morgan fingerprint density at radius 1 is 0.511 bits per heavy atom. The van der Waals surface area contributed by atoms with Crippen LogP contribution < -0.4 is 0 Å². The van der Waals surface area contributed by atoms with E-state index in [-0.39, 0.29) is 0 Å². The third-order valence-electron chi connectivity index (χ3n) is 9.23. The number of benzene rings is 6. The molecular formula is C42H29N3. The Balaban J connectivity index is 1.28. The van der Waals surface area contributed by atoms with Gasteiger partial charge in [0.15, 0.2) is 0 Å². The molecule has 0 aliphatic heterocycles. The highest BCUT2D eigenvalue weighted by molar-refractivity contribution is 6.23. The second kappa shape index (κ2) is 10.1. The molecule has 0 amide bonds. The summed E-state index contributed by atoms with van der Waals surface area (Å²) in [5.74, 6) is 0.839. The molecule has 9 rings (SSSR count). The molecule has 45 heavy (non-hydrogen) atoms. The van der Waals surface area contributed by atoms with E-state index in [1.54, 1.807) is 0 Å². The lowest BCUT2D eigenvalue weighted by atomic mass is 10.0. The van der Waals surface area contributed by atoms with Crippen molar-refractivity contribution in [3.63, 3.8) is 0 Å². The van der Waals surface area contributed by atoms with Gasteiger partial charge in [-0.1, -0.05) is 121 Å². The van der Waals surface area contributed by atoms with E-state index in [9.17, 15) is 0 Å². The minimum Gasteiger partial charge on any atom is -0.309 e. The summed E-state index contributed by atoms with van der Waals surface area (Å²) in [6.45, 7) is 4.06. The Labute approximate surface area is 260 Å². The molecule has 3 nitrogen and oxygen atoms in total. The number of aliphatic imine (C=N–C) groups is 1. The predicted octanol–water partition coefficient (Wildman–Crippen LogP) is 10.9. The molecule has 0 saturated carbocycles. The van der Waals surface area contributed by atoms with Crippen molar-refractivity contribution in [2.45, 2.75) is 6.42 Å². The zero-order valence-electron chi connectivity index (χ0n) is 24.7. The summed E-state index contributed by atoms with van der Waals surface area (Å²) in [7, 11) is 0. The Morgan fingerprint density at radius 2 is 1.09 bits per heavy atom. The highest BCUT2D eigenvalue weighted by atomic mass is 15.1. The van der Waals surface area contributed by atoms with Crippen LogP contribution in [-0.4, -0.2) is 15.7 Å². The van der Waals surface area contributed by atoms with E-state index < -0.39 is 0 Å². The maximum atomic E-state index is 4.64. The number of aromatic nitrogens is 2. The minimum atomic E-state index is 0.750. The number of pyridine rings is 1. The molecule has 0 unspecified atom stereocenters. The summed E-state index contributed by atoms with van der Waals surface area (Å²) in [5, 5.41) is 7.40. The SMILES string of the molecule is C=N/C(=C\Cc1ccc(-c2ccccc2)cc1)n1c2ccccc2c2ccc3c(cc4c5ccccc5c5ccccc5n43)c21. The van der Waals surface area contributed by atoms with Gasteiger partial charge < -0.3 is 4.40 Å². The first-order valence-corrected chi connectivity index (χ1v) is 15.4. The van der Waals surface area contributed by atoms with Gasteiger partial charge in [-0.3, -0.25) is 4.57 Å². The summed E-state index contributed by atoms with van der Waals surface area (Å²) < 4.78 is 4.73. The van der Waals surface area contributed by atoms with E-state index in [4.69, 9.17) is 0 Å². The Bertz CT molecular complexity index is 2620. The largest absolute Gasteiger partial charge is 0.309 e. The van der Waals surface area contributed by atoms with Crippen molar-refractivity contribution in [1.82, 2.24) is 8.97 Å². The van der Waals surface area contributed by atoms with Crippen LogP contribution in [0.1, 0.15) is 5.56 Å². The molecule has 0 saturated heterocycles. The van der Waals surface area contributed by atoms with Gasteiger partial charge in [-0.05, 0) is 65.6 Å². The molecule has 6 aromatic carbocycles. The fraction of sp³-hybridized carbons (Fsp3) is 0.0238. The zero-order valence-corrected chi connectivity index (χ0v) is 24.7. The molecule has 3 heterocycles. The number of hydrogen-bond acceptors (Lipinski definition) is 1. The van der Waals surface area contributed by atoms with Crippen molar-refractivity contribution in [2.24, 2.45) is 4.99 Å². The van der Waals surface area contributed by atoms with E-state index in [0.29, 0.717) is 0 Å². The van der Waals surface area contributed by atoms with Crippen LogP contribution in [0.25, 0.3) is 76.8 Å². The lowest BCUT2D eigenvalue weighted by Crippen LogP contribution is -1.96. The fourth-order valence-corrected chi connectivity index (χ4v) is 7.17. The van der Waals surface area contributed by atoms with E-state index in [0.717, 1.165) is 23.3 Å². The smallest absolute Gasteiger partial charge is 0.133 e. The maximum Gasteiger partial charge on any atom is 0.133 e. The van der Waals surface area contributed by atoms with Gasteiger partial charge >= 0.3 is 0 Å². The molecule has 3 aromatic heterocycles. The first-order valence-electron chi connectivity index (χ1n) is 15.4. The summed E-state index contributed by atoms with van der Waals surface area (Å²) in [5.41, 5.74) is 9.56. The van der Waals surface area contributed by atoms with E-state index in [2.05, 4.69) is 172 Å². The number of fused-ring (bicyclic) bond motifs is 12. The van der Waals surface area contributed by atoms with E-state index >= 15 is 0 Å². The predicted molar refractivity (Wildman–Crippen MR) is 192 cm³/mol. The third kappa shape index (κ3) is 3.87. The topological polar surface area (TPSA) is 21.7 Å². The lowest BCUT2D eigenvalue weighted by Gasteiger charge is -2.10. The third-order valence-corrected chi connectivity index (χ3v) is 9.23. The van der Waals surface area contributed by atoms with Crippen LogP contribution in [-0.2, 0) is 6.42 Å². The lowest BCUT2D eigenvalue weighted by molar-refractivity contribution is 1.15. The molecule has 0 aliphatic rings. The van der Waals surface area contributed by atoms with Crippen LogP contribution in [0.5, 0.6) is 0 Å². The van der Waals surface area contributed by atoms with Crippen molar-refractivity contribution in [1.29, 1.82) is 0 Å². The fourth-order valence-electron chi connectivity index (χ4n) is 7.17. The molecule has 0 spiro atoms. The molecule has 9 aromatic rings. The van der Waals surface area contributed by atoms with Crippen molar-refractivity contribution >= 4 is 72.4 Å². The van der Waals surface area contributed by atoms with Crippen LogP contribution >= 0.6 is 0 Å². The number of allylic oxidation sites excluding steroid dienone is 1. The normalized spacial score (nSPS) is 12.3. The van der Waals surface area contributed by atoms with Gasteiger partial charge in [0.25, 0.3) is 0 Å². The quantitative estimate of drug-likeness (QED) is 0.144. The monoisotopic (exact) mass is 575 g/mol. The molecule has 212 valence electrons. The zero-order chi connectivity index (χ0) is 29.9. The van der Waals surface area contributed by atoms with Gasteiger partial charge in [-0.15, -0.1) is 0 Å². The first kappa shape index (κ1) is 25.6. The number of hydrogen-bond donors (Lipinski definition) is 0. The van der Waals surface area contributed by atoms with Gasteiger partial charge in [0, 0.05) is 26.9 Å². The maximum absolute atomic E-state index is 4.64. The number of nitrogens with zero attached hydrogens (tertiary/aromatic N) is 3. The number of rotatable bonds is 5. The van der Waals surface area contributed by atoms with Crippen LogP contribution in [0.4, 0.5) is 0 Å². The molecule has 0 atom stereocenters. The van der Waals surface area contributed by atoms with Gasteiger partial charge in [-0.2, -0.15) is 0 Å². The minimum absolute atomic E-state index is 0.750. The number of para-hydroxylation sites is 2. The molecule has 0 N–H and O–H groups in total. The molecule has 0 radical (unpaired) electrons. The Morgan fingerprint density at radius 3 is 1.82 bits per heavy atom. The average Bonchev–Trinajstić information content (AvgIpc) is 3.66. The van der Waals surface area contributed by atoms with Crippen molar-refractivity contribution in [2.75, 3.05) is 0 Å². The molecule has 0 bridgehead atoms. The second-order valence-electron chi connectivity index (χ2n) is 11.7. The van der Waals surface area contributed by atoms with Gasteiger partial charge in [0.05, 0.1) is 27.6 Å². The summed E-state index contributed by atoms with van der Waals surface area (Å²) in [6, 6.07) is 52.3. The molecular weight excluding hydrogens is 546 g/mol. The molecule has 3 heteroatoms. The van der Waals surface area contributed by atoms with Crippen molar-refractivity contribution in [3.05, 3.63) is 157 Å². The van der Waals surface area contributed by atoms with Crippen LogP contribution in [0.2, 0.25) is 0 Å². The van der Waals surface area contributed by atoms with E-state index in [1.165, 1.54) is 65.6 Å². The second-order valence-corrected chi connectivity index (χ2v) is 11.7. The van der Waals surface area contributed by atoms with Gasteiger partial charge in [-0.25, -0.2) is 4.99 Å². The van der Waals surface area contributed by atoms with Crippen molar-refractivity contribution in [3.8, 4) is 11.1 Å². The van der Waals surface area contributed by atoms with Crippen LogP contribution in [0.15, 0.2) is 157 Å². The van der Waals surface area contributed by atoms with Gasteiger partial charge in [0.2, 0.25) is 0 Å². The summed E-state index contributed by atoms with van der Waals surface area (Å²) in [6.07, 6.45) is 2.95. The highest BCUT2D eigenvalue weighted by Gasteiger charge is 2.19. The van der Waals surface area contributed by atoms with E-state index in [1.807, 2.05) is 0 Å². The summed E-state index contributed by atoms with van der Waals surface area (Å²) in [4.78, 5) is 4.64. The Kier molecular flexibility index (Phi) is 5.72.